The van der Waals surface area contributed by atoms with Crippen LogP contribution in [0, 0.1) is 11.8 Å². The highest BCUT2D eigenvalue weighted by Gasteiger charge is 2.33. The van der Waals surface area contributed by atoms with Gasteiger partial charge in [0, 0.05) is 29.4 Å². The van der Waals surface area contributed by atoms with Gasteiger partial charge in [0.2, 0.25) is 0 Å². The molecule has 0 radical (unpaired) electrons. The first-order valence-corrected chi connectivity index (χ1v) is 11.2. The zero-order valence-electron chi connectivity index (χ0n) is 19.7. The number of carbonyl (C=O) groups is 1. The minimum Gasteiger partial charge on any atom is -0.493 e. The first kappa shape index (κ1) is 20.7. The van der Waals surface area contributed by atoms with Gasteiger partial charge in [0.15, 0.2) is 0 Å². The van der Waals surface area contributed by atoms with Crippen molar-refractivity contribution in [2.24, 2.45) is 11.8 Å². The van der Waals surface area contributed by atoms with Gasteiger partial charge >= 0.3 is 5.97 Å². The molecule has 5 heteroatoms. The number of benzene rings is 2. The summed E-state index contributed by atoms with van der Waals surface area (Å²) in [5.74, 6) is 1.18. The van der Waals surface area contributed by atoms with Gasteiger partial charge in [0.25, 0.3) is 0 Å². The van der Waals surface area contributed by atoms with Crippen molar-refractivity contribution in [2.45, 2.75) is 45.7 Å². The van der Waals surface area contributed by atoms with Crippen LogP contribution in [-0.2, 0) is 11.3 Å². The van der Waals surface area contributed by atoms with Crippen LogP contribution in [0.1, 0.15) is 40.0 Å². The van der Waals surface area contributed by atoms with E-state index in [2.05, 4.69) is 0 Å². The van der Waals surface area contributed by atoms with Crippen LogP contribution in [0.25, 0.3) is 11.3 Å². The normalized spacial score (nSPS) is 18.5. The molecule has 0 saturated heterocycles. The van der Waals surface area contributed by atoms with Crippen molar-refractivity contribution >= 4 is 11.7 Å². The lowest BCUT2D eigenvalue weighted by Crippen LogP contribution is -2.31. The molecule has 1 fully saturated rings. The molecule has 0 aliphatic heterocycles. The van der Waals surface area contributed by atoms with Gasteiger partial charge in [-0.05, 0) is 81.5 Å². The van der Waals surface area contributed by atoms with Crippen molar-refractivity contribution in [1.29, 1.82) is 0 Å². The lowest BCUT2D eigenvalue weighted by atomic mass is 9.73. The van der Waals surface area contributed by atoms with E-state index in [1.165, 1.54) is 0 Å². The highest BCUT2D eigenvalue weighted by molar-refractivity contribution is 5.71. The number of carboxylic acids is 1. The molecular weight excluding hydrogens is 402 g/mol. The van der Waals surface area contributed by atoms with E-state index in [-0.39, 0.29) is 5.92 Å². The Labute approximate surface area is 191 Å². The van der Waals surface area contributed by atoms with Gasteiger partial charge in [0.1, 0.15) is 11.5 Å². The third kappa shape index (κ3) is 5.16. The molecule has 1 aromatic heterocycles. The van der Waals surface area contributed by atoms with Crippen LogP contribution in [0.15, 0.2) is 71.3 Å². The van der Waals surface area contributed by atoms with Crippen LogP contribution in [-0.4, -0.2) is 23.7 Å². The minimum atomic E-state index is -0.836. The van der Waals surface area contributed by atoms with Crippen LogP contribution in [0.5, 0.6) is 5.75 Å². The molecule has 1 aliphatic carbocycles. The number of furan rings is 1. The van der Waals surface area contributed by atoms with Gasteiger partial charge in [-0.3, -0.25) is 4.79 Å². The molecule has 1 saturated carbocycles. The first-order valence-electron chi connectivity index (χ1n) is 11.7. The Hall–Kier alpha value is -3.21. The molecule has 5 nitrogen and oxygen atoms in total. The number of para-hydroxylation sites is 1. The summed E-state index contributed by atoms with van der Waals surface area (Å²) in [7, 11) is 0. The maximum absolute atomic E-state index is 11.0. The zero-order valence-corrected chi connectivity index (χ0v) is 18.7. The van der Waals surface area contributed by atoms with Crippen molar-refractivity contribution < 1.29 is 20.4 Å². The fourth-order valence-electron chi connectivity index (χ4n) is 4.21. The average Bonchev–Trinajstić information content (AvgIpc) is 3.28. The second-order valence-electron chi connectivity index (χ2n) is 8.67. The van der Waals surface area contributed by atoms with Crippen molar-refractivity contribution in [3.63, 3.8) is 0 Å². The molecule has 4 rings (SSSR count). The van der Waals surface area contributed by atoms with Crippen LogP contribution in [0.3, 0.4) is 0 Å². The Morgan fingerprint density at radius 2 is 1.91 bits per heavy atom. The Morgan fingerprint density at radius 1 is 1.16 bits per heavy atom. The summed E-state index contributed by atoms with van der Waals surface area (Å²) in [5.41, 5.74) is 2.97. The van der Waals surface area contributed by atoms with E-state index in [9.17, 15) is 4.79 Å². The molecule has 1 heterocycles. The molecule has 0 spiro atoms. The van der Waals surface area contributed by atoms with Gasteiger partial charge in [-0.15, -0.1) is 0 Å². The van der Waals surface area contributed by atoms with E-state index in [1.807, 2.05) is 79.4 Å². The van der Waals surface area contributed by atoms with E-state index >= 15 is 0 Å². The van der Waals surface area contributed by atoms with Crippen LogP contribution in [0.4, 0.5) is 5.69 Å². The Morgan fingerprint density at radius 3 is 2.56 bits per heavy atom. The minimum absolute atomic E-state index is 0.186. The summed E-state index contributed by atoms with van der Waals surface area (Å²) in [6.45, 7) is 4.87. The third-order valence-corrected chi connectivity index (χ3v) is 6.19. The number of aliphatic carboxylic acids is 1. The largest absolute Gasteiger partial charge is 0.493 e. The predicted octanol–water partition coefficient (Wildman–Crippen LogP) is 6.24. The van der Waals surface area contributed by atoms with Gasteiger partial charge in [-0.25, -0.2) is 0 Å². The Balaban J connectivity index is 1.43. The summed E-state index contributed by atoms with van der Waals surface area (Å²) in [5, 5.41) is 9.04. The lowest BCUT2D eigenvalue weighted by Gasteiger charge is -2.32. The number of carboxylic acid groups (broad SMARTS) is 1. The van der Waals surface area contributed by atoms with Crippen LogP contribution < -0.4 is 9.64 Å². The smallest absolute Gasteiger partial charge is 0.306 e. The summed E-state index contributed by atoms with van der Waals surface area (Å²) < 4.78 is 20.3. The summed E-state index contributed by atoms with van der Waals surface area (Å²) >= 11 is 0. The second kappa shape index (κ2) is 9.94. The van der Waals surface area contributed by atoms with Gasteiger partial charge < -0.3 is 19.2 Å². The van der Waals surface area contributed by atoms with Gasteiger partial charge in [-0.1, -0.05) is 18.2 Å². The molecule has 168 valence electrons. The molecule has 3 aromatic rings. The van der Waals surface area contributed by atoms with Gasteiger partial charge in [-0.2, -0.15) is 0 Å². The van der Waals surface area contributed by atoms with E-state index in [1.54, 1.807) is 6.26 Å². The summed E-state index contributed by atoms with van der Waals surface area (Å²) in [6, 6.07) is 19.0. The zero-order chi connectivity index (χ0) is 23.4. The molecule has 1 aliphatic rings. The number of hydrogen-bond acceptors (Lipinski definition) is 4. The Bertz CT molecular complexity index is 1050. The van der Waals surface area contributed by atoms with Crippen molar-refractivity contribution in [3.05, 3.63) is 72.5 Å². The molecule has 0 atom stereocenters. The highest BCUT2D eigenvalue weighted by atomic mass is 16.5. The fourth-order valence-corrected chi connectivity index (χ4v) is 4.21. The highest BCUT2D eigenvalue weighted by Crippen LogP contribution is 2.36. The molecule has 0 amide bonds. The van der Waals surface area contributed by atoms with Crippen molar-refractivity contribution in [2.75, 3.05) is 11.5 Å². The molecule has 2 aromatic carbocycles. The van der Waals surface area contributed by atoms with E-state index < -0.39 is 12.0 Å². The topological polar surface area (TPSA) is 62.9 Å². The van der Waals surface area contributed by atoms with E-state index in [0.29, 0.717) is 19.1 Å². The third-order valence-electron chi connectivity index (χ3n) is 6.19. The number of ether oxygens (including phenoxy) is 1. The van der Waals surface area contributed by atoms with Crippen LogP contribution in [0.2, 0.25) is 0 Å². The summed E-state index contributed by atoms with van der Waals surface area (Å²) in [6.07, 6.45) is 4.01. The SMILES string of the molecule is [2H]C(C)(C)N(Cc1ccccc1OCCC1CC(C(=O)O)C1)c1ccc(-c2ccco2)cc1. The second-order valence-corrected chi connectivity index (χ2v) is 8.67. The number of rotatable bonds is 10. The predicted molar refractivity (Wildman–Crippen MR) is 126 cm³/mol. The monoisotopic (exact) mass is 434 g/mol. The maximum atomic E-state index is 11.0. The summed E-state index contributed by atoms with van der Waals surface area (Å²) in [4.78, 5) is 13.0. The molecule has 1 N–H and O–H groups in total. The maximum Gasteiger partial charge on any atom is 0.306 e. The molecular formula is C27H31NO4. The fraction of sp³-hybridized carbons (Fsp3) is 0.370. The standard InChI is InChI=1S/C27H31NO4/c1-19(2)28(24-11-9-21(10-12-24)25-8-5-14-31-25)18-22-6-3-4-7-26(22)32-15-13-20-16-23(17-20)27(29)30/h3-12,14,19-20,23H,13,15-18H2,1-2H3,(H,29,30)/i19D. The molecule has 32 heavy (non-hydrogen) atoms. The lowest BCUT2D eigenvalue weighted by molar-refractivity contribution is -0.146. The quantitative estimate of drug-likeness (QED) is 0.409. The molecule has 0 bridgehead atoms. The van der Waals surface area contributed by atoms with E-state index in [0.717, 1.165) is 47.6 Å². The van der Waals surface area contributed by atoms with Crippen molar-refractivity contribution in [3.8, 4) is 17.1 Å². The van der Waals surface area contributed by atoms with E-state index in [4.69, 9.17) is 15.6 Å². The number of hydrogen-bond donors (Lipinski definition) is 1. The van der Waals surface area contributed by atoms with Crippen molar-refractivity contribution in [1.82, 2.24) is 0 Å². The first-order chi connectivity index (χ1) is 15.8. The van der Waals surface area contributed by atoms with Crippen LogP contribution >= 0.6 is 0 Å². The number of anilines is 1. The average molecular weight is 435 g/mol. The Kier molecular flexibility index (Phi) is 6.42. The molecule has 0 unspecified atom stereocenters. The number of nitrogens with zero attached hydrogens (tertiary/aromatic N) is 1. The van der Waals surface area contributed by atoms with Gasteiger partial charge in [0.05, 0.1) is 20.2 Å².